The van der Waals surface area contributed by atoms with Gasteiger partial charge in [-0.15, -0.1) is 4.59 Å². The summed E-state index contributed by atoms with van der Waals surface area (Å²) in [5, 5.41) is 12.4. The summed E-state index contributed by atoms with van der Waals surface area (Å²) in [7, 11) is 0. The zero-order valence-corrected chi connectivity index (χ0v) is 23.7. The van der Waals surface area contributed by atoms with Crippen LogP contribution in [0.2, 0.25) is 0 Å². The predicted molar refractivity (Wildman–Crippen MR) is 144 cm³/mol. The molecule has 4 fully saturated rings. The third kappa shape index (κ3) is 5.01. The Morgan fingerprint density at radius 3 is 2.60 bits per heavy atom. The Labute approximate surface area is 237 Å². The van der Waals surface area contributed by atoms with Crippen molar-refractivity contribution in [2.24, 2.45) is 0 Å². The number of fused-ring (bicyclic) bond motifs is 1. The van der Waals surface area contributed by atoms with Crippen LogP contribution in [0.15, 0.2) is 24.3 Å². The van der Waals surface area contributed by atoms with E-state index in [-0.39, 0.29) is 49.3 Å². The summed E-state index contributed by atoms with van der Waals surface area (Å²) in [5.41, 5.74) is 1.73. The first-order valence-electron chi connectivity index (χ1n) is 13.6. The Morgan fingerprint density at radius 2 is 1.98 bits per heavy atom. The van der Waals surface area contributed by atoms with Gasteiger partial charge in [-0.1, -0.05) is 36.1 Å². The lowest BCUT2D eigenvalue weighted by atomic mass is 9.85. The molecule has 3 N–H and O–H groups in total. The van der Waals surface area contributed by atoms with E-state index in [0.717, 1.165) is 0 Å². The van der Waals surface area contributed by atoms with Crippen molar-refractivity contribution >= 4 is 41.5 Å². The van der Waals surface area contributed by atoms with Crippen LogP contribution in [0.25, 0.3) is 0 Å². The average Bonchev–Trinajstić information content (AvgIpc) is 3.09. The maximum atomic E-state index is 14.0. The molecule has 0 saturated carbocycles. The zero-order chi connectivity index (χ0) is 28.7. The van der Waals surface area contributed by atoms with Gasteiger partial charge >= 0.3 is 17.9 Å². The molecule has 4 saturated heterocycles. The normalized spacial score (nSPS) is 33.1. The number of carboxylic acids is 1. The number of amides is 5. The third-order valence-electron chi connectivity index (χ3n) is 8.38. The van der Waals surface area contributed by atoms with Crippen molar-refractivity contribution in [1.29, 1.82) is 0 Å². The second-order valence-corrected chi connectivity index (χ2v) is 13.3. The fourth-order valence-corrected chi connectivity index (χ4v) is 8.20. The van der Waals surface area contributed by atoms with E-state index in [1.807, 2.05) is 18.2 Å². The number of morpholine rings is 1. The maximum Gasteiger partial charge on any atom is 0.367 e. The highest BCUT2D eigenvalue weighted by atomic mass is 32.2. The number of hydrogen-bond donors (Lipinski definition) is 3. The van der Waals surface area contributed by atoms with Crippen LogP contribution in [-0.2, 0) is 23.9 Å². The summed E-state index contributed by atoms with van der Waals surface area (Å²) in [5.74, 6) is -2.24. The van der Waals surface area contributed by atoms with Gasteiger partial charge in [-0.05, 0) is 20.3 Å². The molecular weight excluding hydrogens is 540 g/mol. The lowest BCUT2D eigenvalue weighted by molar-refractivity contribution is -0.935. The lowest BCUT2D eigenvalue weighted by Crippen LogP contribution is -2.79. The first-order valence-corrected chi connectivity index (χ1v) is 14.5. The molecule has 2 unspecified atom stereocenters. The van der Waals surface area contributed by atoms with Gasteiger partial charge in [-0.25, -0.2) is 14.4 Å². The molecular formula is C26H37N6O7S+. The zero-order valence-electron chi connectivity index (χ0n) is 22.8. The van der Waals surface area contributed by atoms with Crippen molar-refractivity contribution in [2.45, 2.75) is 54.8 Å². The van der Waals surface area contributed by atoms with Gasteiger partial charge in [-0.3, -0.25) is 14.5 Å². The van der Waals surface area contributed by atoms with Gasteiger partial charge in [0.15, 0.2) is 5.37 Å². The molecule has 0 radical (unpaired) electrons. The SMILES string of the molecule is CC1(C)S[C@@H]2CC(=O)[N+]2(NC(=O)CC2(N(CN3CCOCC3)C(=O)N3CCNC(=O)C3)C=CC=CC2)[C@H]1C(=O)O. The number of carbonyl (C=O) groups excluding carboxylic acids is 4. The summed E-state index contributed by atoms with van der Waals surface area (Å²) >= 11 is 1.40. The van der Waals surface area contributed by atoms with Crippen molar-refractivity contribution in [3.05, 3.63) is 24.3 Å². The van der Waals surface area contributed by atoms with E-state index in [1.165, 1.54) is 16.7 Å². The Morgan fingerprint density at radius 1 is 1.23 bits per heavy atom. The number of carboxylic acid groups (broad SMARTS) is 1. The Hall–Kier alpha value is -2.94. The Bertz CT molecular complexity index is 1150. The summed E-state index contributed by atoms with van der Waals surface area (Å²) < 4.78 is 4.09. The van der Waals surface area contributed by atoms with Crippen LogP contribution in [0.1, 0.15) is 33.1 Å². The third-order valence-corrected chi connectivity index (χ3v) is 9.98. The number of nitrogens with zero attached hydrogens (tertiary/aromatic N) is 4. The molecule has 0 spiro atoms. The molecule has 0 aromatic rings. The van der Waals surface area contributed by atoms with Crippen LogP contribution >= 0.6 is 11.8 Å². The number of carbonyl (C=O) groups is 5. The number of aliphatic carboxylic acids is 1. The summed E-state index contributed by atoms with van der Waals surface area (Å²) in [6.45, 7) is 6.63. The Balaban J connectivity index is 1.44. The van der Waals surface area contributed by atoms with Crippen molar-refractivity contribution in [3.8, 4) is 0 Å². The van der Waals surface area contributed by atoms with Gasteiger partial charge in [-0.2, -0.15) is 5.43 Å². The number of rotatable bonds is 7. The van der Waals surface area contributed by atoms with Crippen molar-refractivity contribution in [1.82, 2.24) is 25.4 Å². The van der Waals surface area contributed by atoms with Crippen LogP contribution in [0.3, 0.4) is 0 Å². The number of nitrogens with one attached hydrogen (secondary N) is 2. The quantitative estimate of drug-likeness (QED) is 0.278. The van der Waals surface area contributed by atoms with E-state index in [2.05, 4.69) is 15.6 Å². The number of thioether (sulfide) groups is 1. The molecule has 0 bridgehead atoms. The van der Waals surface area contributed by atoms with Gasteiger partial charge in [0.25, 0.3) is 5.91 Å². The highest BCUT2D eigenvalue weighted by Crippen LogP contribution is 2.55. The van der Waals surface area contributed by atoms with Crippen molar-refractivity contribution < 1.29 is 38.4 Å². The minimum absolute atomic E-state index is 0.0803. The fourth-order valence-electron chi connectivity index (χ4n) is 6.41. The summed E-state index contributed by atoms with van der Waals surface area (Å²) in [6.07, 6.45) is 7.69. The standard InChI is InChI=1S/C26H36N6O7S/c1-25(2)22(23(36)37)32(20(35)14-21(32)40-25)28-18(33)15-26(6-4-3-5-7-26)31(17-29-10-12-39-13-11-29)24(38)30-9-8-27-19(34)16-30/h3-6,21-22H,7-17H2,1-2H3,(H2-,27,28,33,34,36,37)/p+1/t21-,22+,26?,32?/m1/s1. The van der Waals surface area contributed by atoms with Gasteiger partial charge in [0, 0.05) is 26.2 Å². The first kappa shape index (κ1) is 28.6. The van der Waals surface area contributed by atoms with E-state index in [4.69, 9.17) is 4.74 Å². The highest BCUT2D eigenvalue weighted by molar-refractivity contribution is 8.01. The highest BCUT2D eigenvalue weighted by Gasteiger charge is 2.75. The fraction of sp³-hybridized carbons (Fsp3) is 0.654. The first-order chi connectivity index (χ1) is 19.0. The number of hydrogen-bond acceptors (Lipinski definition) is 8. The molecule has 40 heavy (non-hydrogen) atoms. The predicted octanol–water partition coefficient (Wildman–Crippen LogP) is -0.142. The van der Waals surface area contributed by atoms with Crippen LogP contribution in [0.4, 0.5) is 4.79 Å². The lowest BCUT2D eigenvalue weighted by Gasteiger charge is -2.48. The second kappa shape index (κ2) is 10.8. The van der Waals surface area contributed by atoms with Crippen LogP contribution < -0.4 is 10.7 Å². The Kier molecular flexibility index (Phi) is 7.72. The van der Waals surface area contributed by atoms with Gasteiger partial charge < -0.3 is 25.0 Å². The number of piperazine rings is 1. The summed E-state index contributed by atoms with van der Waals surface area (Å²) in [6, 6.07) is -1.50. The number of quaternary nitrogens is 1. The molecule has 218 valence electrons. The number of allylic oxidation sites excluding steroid dienone is 2. The van der Waals surface area contributed by atoms with Crippen LogP contribution in [0.5, 0.6) is 0 Å². The average molecular weight is 578 g/mol. The molecule has 4 atom stereocenters. The molecule has 0 aromatic carbocycles. The van der Waals surface area contributed by atoms with Crippen molar-refractivity contribution in [3.63, 3.8) is 0 Å². The molecule has 5 rings (SSSR count). The van der Waals surface area contributed by atoms with E-state index in [1.54, 1.807) is 24.8 Å². The molecule has 1 aliphatic carbocycles. The largest absolute Gasteiger partial charge is 0.477 e. The molecule has 4 aliphatic heterocycles. The molecule has 13 nitrogen and oxygen atoms in total. The molecule has 0 aromatic heterocycles. The number of urea groups is 1. The van der Waals surface area contributed by atoms with E-state index in [9.17, 15) is 29.1 Å². The molecule has 4 heterocycles. The second-order valence-electron chi connectivity index (χ2n) is 11.5. The van der Waals surface area contributed by atoms with Gasteiger partial charge in [0.2, 0.25) is 11.9 Å². The minimum atomic E-state index is -1.14. The monoisotopic (exact) mass is 577 g/mol. The number of ether oxygens (including phenoxy) is 1. The van der Waals surface area contributed by atoms with E-state index >= 15 is 0 Å². The molecule has 14 heteroatoms. The molecule has 5 aliphatic rings. The van der Waals surface area contributed by atoms with E-state index < -0.39 is 32.8 Å². The summed E-state index contributed by atoms with van der Waals surface area (Å²) in [4.78, 5) is 70.6. The van der Waals surface area contributed by atoms with E-state index in [0.29, 0.717) is 45.8 Å². The van der Waals surface area contributed by atoms with Crippen molar-refractivity contribution in [2.75, 3.05) is 52.6 Å². The van der Waals surface area contributed by atoms with Gasteiger partial charge in [0.05, 0.1) is 36.6 Å². The smallest absolute Gasteiger partial charge is 0.367 e. The van der Waals surface area contributed by atoms with Crippen LogP contribution in [0, 0.1) is 0 Å². The number of β-lactam (4-membered cyclic amide) rings is 1. The molecule has 5 amide bonds. The topological polar surface area (TPSA) is 149 Å². The van der Waals surface area contributed by atoms with Crippen LogP contribution in [-0.4, -0.2) is 128 Å². The maximum absolute atomic E-state index is 14.0. The van der Waals surface area contributed by atoms with Gasteiger partial charge in [0.1, 0.15) is 13.0 Å². The minimum Gasteiger partial charge on any atom is -0.477 e.